The van der Waals surface area contributed by atoms with Gasteiger partial charge in [-0.05, 0) is 48.4 Å². The molecule has 0 unspecified atom stereocenters. The average Bonchev–Trinajstić information content (AvgIpc) is 3.07. The van der Waals surface area contributed by atoms with Crippen LogP contribution in [0.25, 0.3) is 0 Å². The van der Waals surface area contributed by atoms with E-state index in [-0.39, 0.29) is 24.4 Å². The summed E-state index contributed by atoms with van der Waals surface area (Å²) in [6, 6.07) is 10.3. The van der Waals surface area contributed by atoms with Crippen molar-refractivity contribution in [1.82, 2.24) is 9.80 Å². The Morgan fingerprint density at radius 2 is 2.00 bits per heavy atom. The number of rotatable bonds is 4. The lowest BCUT2D eigenvalue weighted by molar-refractivity contribution is -0.140. The lowest BCUT2D eigenvalue weighted by Gasteiger charge is -2.38. The van der Waals surface area contributed by atoms with Crippen LogP contribution in [0, 0.1) is 6.92 Å². The van der Waals surface area contributed by atoms with Crippen LogP contribution in [-0.4, -0.2) is 41.2 Å². The summed E-state index contributed by atoms with van der Waals surface area (Å²) >= 11 is 1.76. The number of fused-ring (bicyclic) bond motifs is 1. The molecule has 2 aromatic rings. The summed E-state index contributed by atoms with van der Waals surface area (Å²) in [5.74, 6) is -0.0429. The number of thiophene rings is 1. The van der Waals surface area contributed by atoms with Gasteiger partial charge in [-0.25, -0.2) is 0 Å². The van der Waals surface area contributed by atoms with Gasteiger partial charge in [-0.2, -0.15) is 0 Å². The van der Waals surface area contributed by atoms with E-state index in [4.69, 9.17) is 0 Å². The first-order chi connectivity index (χ1) is 12.0. The summed E-state index contributed by atoms with van der Waals surface area (Å²) in [6.45, 7) is 6.90. The minimum Gasteiger partial charge on any atom is -0.334 e. The fourth-order valence-electron chi connectivity index (χ4n) is 3.51. The normalized spacial score (nSPS) is 16.4. The fourth-order valence-corrected chi connectivity index (χ4v) is 4.42. The molecule has 0 saturated carbocycles. The molecule has 25 heavy (non-hydrogen) atoms. The Balaban J connectivity index is 1.96. The first-order valence-electron chi connectivity index (χ1n) is 8.69. The standard InChI is InChI=1S/C20H24N2O2S/c1-4-21(15(3)23)13-19(24)22-11-9-18-17(10-12-25-18)20(22)16-8-6-5-7-14(16)2/h5-8,10,12,20H,4,9,11,13H2,1-3H3/t20-/m1/s1. The predicted octanol–water partition coefficient (Wildman–Crippen LogP) is 3.40. The van der Waals surface area contributed by atoms with Crippen molar-refractivity contribution in [3.05, 3.63) is 57.3 Å². The van der Waals surface area contributed by atoms with Gasteiger partial charge in [-0.3, -0.25) is 9.59 Å². The number of benzene rings is 1. The summed E-state index contributed by atoms with van der Waals surface area (Å²) in [7, 11) is 0. The largest absolute Gasteiger partial charge is 0.334 e. The summed E-state index contributed by atoms with van der Waals surface area (Å²) in [6.07, 6.45) is 0.882. The SMILES string of the molecule is CCN(CC(=O)N1CCc2sccc2[C@H]1c1ccccc1C)C(C)=O. The molecule has 0 saturated heterocycles. The summed E-state index contributed by atoms with van der Waals surface area (Å²) in [4.78, 5) is 29.6. The zero-order chi connectivity index (χ0) is 18.0. The van der Waals surface area contributed by atoms with Crippen LogP contribution in [-0.2, 0) is 16.0 Å². The molecule has 1 atom stereocenters. The van der Waals surface area contributed by atoms with Gasteiger partial charge in [0.25, 0.3) is 0 Å². The topological polar surface area (TPSA) is 40.6 Å². The van der Waals surface area contributed by atoms with E-state index in [2.05, 4.69) is 30.5 Å². The van der Waals surface area contributed by atoms with E-state index in [0.717, 1.165) is 6.42 Å². The zero-order valence-electron chi connectivity index (χ0n) is 15.0. The van der Waals surface area contributed by atoms with Crippen molar-refractivity contribution in [1.29, 1.82) is 0 Å². The van der Waals surface area contributed by atoms with Gasteiger partial charge in [0.15, 0.2) is 0 Å². The number of amides is 2. The van der Waals surface area contributed by atoms with Crippen molar-refractivity contribution in [2.45, 2.75) is 33.2 Å². The Hall–Kier alpha value is -2.14. The Morgan fingerprint density at radius 3 is 2.68 bits per heavy atom. The van der Waals surface area contributed by atoms with Gasteiger partial charge in [-0.1, -0.05) is 24.3 Å². The molecule has 0 aliphatic carbocycles. The van der Waals surface area contributed by atoms with Crippen molar-refractivity contribution in [3.8, 4) is 0 Å². The van der Waals surface area contributed by atoms with E-state index in [1.165, 1.54) is 28.5 Å². The van der Waals surface area contributed by atoms with Crippen molar-refractivity contribution in [2.24, 2.45) is 0 Å². The molecule has 0 bridgehead atoms. The lowest BCUT2D eigenvalue weighted by Crippen LogP contribution is -2.46. The maximum atomic E-state index is 13.0. The molecule has 5 heteroatoms. The number of hydrogen-bond donors (Lipinski definition) is 0. The number of nitrogens with zero attached hydrogens (tertiary/aromatic N) is 2. The molecule has 0 radical (unpaired) electrons. The summed E-state index contributed by atoms with van der Waals surface area (Å²) in [5, 5.41) is 2.11. The molecular weight excluding hydrogens is 332 g/mol. The van der Waals surface area contributed by atoms with E-state index >= 15 is 0 Å². The Bertz CT molecular complexity index is 784. The third kappa shape index (κ3) is 3.47. The second-order valence-electron chi connectivity index (χ2n) is 6.43. The quantitative estimate of drug-likeness (QED) is 0.842. The predicted molar refractivity (Wildman–Crippen MR) is 101 cm³/mol. The van der Waals surface area contributed by atoms with Crippen molar-refractivity contribution < 1.29 is 9.59 Å². The van der Waals surface area contributed by atoms with Crippen LogP contribution in [0.2, 0.25) is 0 Å². The number of aryl methyl sites for hydroxylation is 1. The maximum absolute atomic E-state index is 13.0. The highest BCUT2D eigenvalue weighted by Crippen LogP contribution is 2.38. The lowest BCUT2D eigenvalue weighted by atomic mass is 9.90. The number of carbonyl (C=O) groups excluding carboxylic acids is 2. The van der Waals surface area contributed by atoms with Crippen LogP contribution in [0.1, 0.15) is 41.5 Å². The fraction of sp³-hybridized carbons (Fsp3) is 0.400. The molecule has 0 fully saturated rings. The first-order valence-corrected chi connectivity index (χ1v) is 9.57. The summed E-state index contributed by atoms with van der Waals surface area (Å²) < 4.78 is 0. The van der Waals surface area contributed by atoms with Crippen LogP contribution in [0.3, 0.4) is 0 Å². The molecular formula is C20H24N2O2S. The number of carbonyl (C=O) groups is 2. The Labute approximate surface area is 153 Å². The van der Waals surface area contributed by atoms with Crippen LogP contribution in [0.5, 0.6) is 0 Å². The van der Waals surface area contributed by atoms with Crippen molar-refractivity contribution >= 4 is 23.2 Å². The van der Waals surface area contributed by atoms with Gasteiger partial charge in [0, 0.05) is 24.9 Å². The van der Waals surface area contributed by atoms with Crippen LogP contribution >= 0.6 is 11.3 Å². The molecule has 0 spiro atoms. The minimum absolute atomic E-state index is 0.0159. The minimum atomic E-state index is -0.0608. The molecule has 3 rings (SSSR count). The molecule has 1 aliphatic heterocycles. The van der Waals surface area contributed by atoms with Gasteiger partial charge in [0.2, 0.25) is 11.8 Å². The van der Waals surface area contributed by atoms with E-state index < -0.39 is 0 Å². The third-order valence-corrected chi connectivity index (χ3v) is 5.92. The van der Waals surface area contributed by atoms with Crippen LogP contribution in [0.4, 0.5) is 0 Å². The van der Waals surface area contributed by atoms with Gasteiger partial charge in [0.05, 0.1) is 12.6 Å². The van der Waals surface area contributed by atoms with Gasteiger partial charge >= 0.3 is 0 Å². The van der Waals surface area contributed by atoms with Crippen molar-refractivity contribution in [3.63, 3.8) is 0 Å². The molecule has 4 nitrogen and oxygen atoms in total. The molecule has 1 aromatic heterocycles. The van der Waals surface area contributed by atoms with Crippen LogP contribution < -0.4 is 0 Å². The molecule has 132 valence electrons. The monoisotopic (exact) mass is 356 g/mol. The van der Waals surface area contributed by atoms with Gasteiger partial charge < -0.3 is 9.80 Å². The second-order valence-corrected chi connectivity index (χ2v) is 7.43. The van der Waals surface area contributed by atoms with E-state index in [1.54, 1.807) is 16.2 Å². The van der Waals surface area contributed by atoms with Crippen LogP contribution in [0.15, 0.2) is 35.7 Å². The van der Waals surface area contributed by atoms with Gasteiger partial charge in [-0.15, -0.1) is 11.3 Å². The highest BCUT2D eigenvalue weighted by Gasteiger charge is 2.34. The average molecular weight is 356 g/mol. The first kappa shape index (κ1) is 17.7. The maximum Gasteiger partial charge on any atom is 0.242 e. The Morgan fingerprint density at radius 1 is 1.24 bits per heavy atom. The molecule has 1 aliphatic rings. The molecule has 2 amide bonds. The van der Waals surface area contributed by atoms with E-state index in [9.17, 15) is 9.59 Å². The number of likely N-dealkylation sites (N-methyl/N-ethyl adjacent to an activating group) is 1. The van der Waals surface area contributed by atoms with Gasteiger partial charge in [0.1, 0.15) is 0 Å². The molecule has 1 aromatic carbocycles. The van der Waals surface area contributed by atoms with E-state index in [0.29, 0.717) is 13.1 Å². The molecule has 2 heterocycles. The van der Waals surface area contributed by atoms with Crippen molar-refractivity contribution in [2.75, 3.05) is 19.6 Å². The summed E-state index contributed by atoms with van der Waals surface area (Å²) in [5.41, 5.74) is 3.58. The highest BCUT2D eigenvalue weighted by atomic mass is 32.1. The highest BCUT2D eigenvalue weighted by molar-refractivity contribution is 7.10. The Kier molecular flexibility index (Phi) is 5.23. The smallest absolute Gasteiger partial charge is 0.242 e. The molecule has 0 N–H and O–H groups in total. The zero-order valence-corrected chi connectivity index (χ0v) is 15.8. The second kappa shape index (κ2) is 7.40. The number of hydrogen-bond acceptors (Lipinski definition) is 3. The van der Waals surface area contributed by atoms with E-state index in [1.807, 2.05) is 24.0 Å². The third-order valence-electron chi connectivity index (χ3n) is 4.92.